The quantitative estimate of drug-likeness (QED) is 0.251. The van der Waals surface area contributed by atoms with E-state index >= 15 is 0 Å². The van der Waals surface area contributed by atoms with Gasteiger partial charge < -0.3 is 28.7 Å². The number of rotatable bonds is 4. The third-order valence-corrected chi connectivity index (χ3v) is 8.19. The van der Waals surface area contributed by atoms with Gasteiger partial charge >= 0.3 is 18.3 Å². The van der Waals surface area contributed by atoms with Crippen LogP contribution < -0.4 is 9.64 Å². The number of hydrogen-bond acceptors (Lipinski definition) is 9. The van der Waals surface area contributed by atoms with Crippen LogP contribution in [-0.4, -0.2) is 93.6 Å². The van der Waals surface area contributed by atoms with Gasteiger partial charge in [0, 0.05) is 42.8 Å². The van der Waals surface area contributed by atoms with Gasteiger partial charge in [-0.25, -0.2) is 19.4 Å². The molecule has 0 radical (unpaired) electrons. The highest BCUT2D eigenvalue weighted by atomic mass is 16.6. The zero-order valence-corrected chi connectivity index (χ0v) is 32.6. The number of anilines is 1. The fourth-order valence-corrected chi connectivity index (χ4v) is 5.84. The number of carbonyl (C=O) groups excluding carboxylic acids is 4. The number of piperazine rings is 1. The molecule has 51 heavy (non-hydrogen) atoms. The van der Waals surface area contributed by atoms with E-state index < -0.39 is 41.0 Å². The summed E-state index contributed by atoms with van der Waals surface area (Å²) in [5, 5.41) is 0.423. The Balaban J connectivity index is 2.08. The summed E-state index contributed by atoms with van der Waals surface area (Å²) < 4.78 is 24.6. The van der Waals surface area contributed by atoms with E-state index in [4.69, 9.17) is 23.9 Å². The molecule has 13 nitrogen and oxygen atoms in total. The monoisotopic (exact) mass is 707 g/mol. The van der Waals surface area contributed by atoms with Crippen molar-refractivity contribution in [1.82, 2.24) is 19.4 Å². The van der Waals surface area contributed by atoms with Crippen LogP contribution in [0.3, 0.4) is 0 Å². The zero-order valence-electron chi connectivity index (χ0n) is 32.6. The number of methoxy groups -OCH3 is 1. The molecule has 278 valence electrons. The van der Waals surface area contributed by atoms with Gasteiger partial charge in [-0.15, -0.1) is 0 Å². The molecule has 1 saturated heterocycles. The van der Waals surface area contributed by atoms with Crippen LogP contribution in [0.15, 0.2) is 18.2 Å². The first kappa shape index (κ1) is 39.0. The maximum atomic E-state index is 15.0. The number of benzene rings is 1. The molecule has 1 aliphatic heterocycles. The van der Waals surface area contributed by atoms with Gasteiger partial charge in [0.1, 0.15) is 34.0 Å². The highest BCUT2D eigenvalue weighted by Gasteiger charge is 2.42. The van der Waals surface area contributed by atoms with Crippen molar-refractivity contribution in [3.8, 4) is 11.4 Å². The number of aromatic nitrogens is 2. The SMILES string of the molecule is COc1ccc(C)c(-n2c(N(C(=O)OC(C)(C)C)C(=O)OC(C)(C)C)c(C(=O)N3CCN(C(=O)OC(C)(C)C)CC3)c3cc(C)c(C)nc32)c1C. The van der Waals surface area contributed by atoms with Crippen molar-refractivity contribution in [3.05, 3.63) is 46.1 Å². The fourth-order valence-electron chi connectivity index (χ4n) is 5.84. The standard InChI is InChI=1S/C38H53N5O8/c1-22-15-16-27(48-14)24(3)29(22)42-30-26(21-23(2)25(4)39-30)28(32(44)40-17-19-41(20-18-40)33(45)49-36(5,6)7)31(42)43(34(46)50-37(8,9)10)35(47)51-38(11,12)13/h15-16,21H,17-20H2,1-14H3. The fraction of sp³-hybridized carbons (Fsp3) is 0.553. The molecule has 4 rings (SSSR count). The van der Waals surface area contributed by atoms with Gasteiger partial charge in [0.15, 0.2) is 0 Å². The van der Waals surface area contributed by atoms with Crippen LogP contribution in [0, 0.1) is 27.7 Å². The van der Waals surface area contributed by atoms with Gasteiger partial charge in [0.25, 0.3) is 5.91 Å². The highest BCUT2D eigenvalue weighted by Crippen LogP contribution is 2.41. The van der Waals surface area contributed by atoms with E-state index in [-0.39, 0.29) is 37.6 Å². The van der Waals surface area contributed by atoms with Crippen LogP contribution in [0.25, 0.3) is 16.7 Å². The van der Waals surface area contributed by atoms with Gasteiger partial charge in [-0.1, -0.05) is 6.07 Å². The summed E-state index contributed by atoms with van der Waals surface area (Å²) in [7, 11) is 1.56. The van der Waals surface area contributed by atoms with Crippen LogP contribution in [0.1, 0.15) is 95.1 Å². The van der Waals surface area contributed by atoms with Crippen molar-refractivity contribution < 1.29 is 38.1 Å². The number of aryl methyl sites for hydroxylation is 3. The van der Waals surface area contributed by atoms with Crippen LogP contribution in [0.2, 0.25) is 0 Å². The number of ether oxygens (including phenoxy) is 4. The maximum Gasteiger partial charge on any atom is 0.425 e. The van der Waals surface area contributed by atoms with E-state index in [9.17, 15) is 19.2 Å². The second kappa shape index (κ2) is 14.1. The van der Waals surface area contributed by atoms with E-state index in [1.165, 1.54) is 0 Å². The first-order valence-electron chi connectivity index (χ1n) is 17.1. The molecule has 3 heterocycles. The number of amides is 4. The number of hydrogen-bond donors (Lipinski definition) is 0. The van der Waals surface area contributed by atoms with Crippen LogP contribution in [-0.2, 0) is 14.2 Å². The molecule has 13 heteroatoms. The lowest BCUT2D eigenvalue weighted by atomic mass is 10.1. The number of carbonyl (C=O) groups is 4. The lowest BCUT2D eigenvalue weighted by Crippen LogP contribution is -2.52. The maximum absolute atomic E-state index is 15.0. The van der Waals surface area contributed by atoms with Gasteiger partial charge in [0.05, 0.1) is 18.4 Å². The van der Waals surface area contributed by atoms with E-state index in [1.54, 1.807) is 83.8 Å². The number of pyridine rings is 1. The van der Waals surface area contributed by atoms with Crippen molar-refractivity contribution in [2.75, 3.05) is 38.2 Å². The summed E-state index contributed by atoms with van der Waals surface area (Å²) in [4.78, 5) is 65.4. The Morgan fingerprint density at radius 1 is 0.725 bits per heavy atom. The molecule has 4 amide bonds. The Morgan fingerprint density at radius 3 is 1.73 bits per heavy atom. The summed E-state index contributed by atoms with van der Waals surface area (Å²) in [5.41, 5.74) is 1.23. The average Bonchev–Trinajstić information content (AvgIpc) is 3.27. The molecule has 1 aromatic carbocycles. The Kier molecular flexibility index (Phi) is 10.8. The van der Waals surface area contributed by atoms with Crippen molar-refractivity contribution in [2.24, 2.45) is 0 Å². The number of imide groups is 1. The molecule has 0 spiro atoms. The summed E-state index contributed by atoms with van der Waals surface area (Å²) in [6.45, 7) is 23.8. The molecule has 0 N–H and O–H groups in total. The molecule has 3 aromatic rings. The van der Waals surface area contributed by atoms with Crippen LogP contribution in [0.5, 0.6) is 5.75 Å². The van der Waals surface area contributed by atoms with Crippen LogP contribution >= 0.6 is 0 Å². The normalized spacial score (nSPS) is 14.0. The van der Waals surface area contributed by atoms with Crippen LogP contribution in [0.4, 0.5) is 20.2 Å². The average molecular weight is 708 g/mol. The number of fused-ring (bicyclic) bond motifs is 1. The number of nitrogens with zero attached hydrogens (tertiary/aromatic N) is 5. The third kappa shape index (κ3) is 8.57. The second-order valence-corrected chi connectivity index (χ2v) is 15.9. The van der Waals surface area contributed by atoms with Gasteiger partial charge in [-0.2, -0.15) is 4.90 Å². The van der Waals surface area contributed by atoms with Crippen molar-refractivity contribution in [2.45, 2.75) is 107 Å². The first-order valence-corrected chi connectivity index (χ1v) is 17.1. The minimum Gasteiger partial charge on any atom is -0.496 e. The molecule has 1 fully saturated rings. The summed E-state index contributed by atoms with van der Waals surface area (Å²) >= 11 is 0. The molecule has 1 aliphatic rings. The van der Waals surface area contributed by atoms with Gasteiger partial charge in [-0.05, 0) is 113 Å². The Bertz CT molecular complexity index is 1820. The molecule has 0 aliphatic carbocycles. The Morgan fingerprint density at radius 2 is 1.24 bits per heavy atom. The lowest BCUT2D eigenvalue weighted by molar-refractivity contribution is 0.0140. The minimum absolute atomic E-state index is 0.0599. The minimum atomic E-state index is -1.03. The summed E-state index contributed by atoms with van der Waals surface area (Å²) in [5.74, 6) is 0.0162. The van der Waals surface area contributed by atoms with Gasteiger partial charge in [-0.3, -0.25) is 9.36 Å². The molecule has 0 bridgehead atoms. The molecule has 0 atom stereocenters. The smallest absolute Gasteiger partial charge is 0.425 e. The highest BCUT2D eigenvalue weighted by molar-refractivity contribution is 6.19. The predicted octanol–water partition coefficient (Wildman–Crippen LogP) is 7.64. The Labute approximate surface area is 300 Å². The molecule has 0 unspecified atom stereocenters. The van der Waals surface area contributed by atoms with E-state index in [0.29, 0.717) is 33.7 Å². The van der Waals surface area contributed by atoms with Crippen molar-refractivity contribution >= 4 is 41.0 Å². The van der Waals surface area contributed by atoms with Gasteiger partial charge in [0.2, 0.25) is 0 Å². The summed E-state index contributed by atoms with van der Waals surface area (Å²) in [6.07, 6.45) is -2.53. The van der Waals surface area contributed by atoms with E-state index in [0.717, 1.165) is 16.0 Å². The topological polar surface area (TPSA) is 133 Å². The van der Waals surface area contributed by atoms with Crippen molar-refractivity contribution in [3.63, 3.8) is 0 Å². The first-order chi connectivity index (χ1) is 23.4. The molecule has 0 saturated carbocycles. The van der Waals surface area contributed by atoms with E-state index in [1.807, 2.05) is 45.9 Å². The lowest BCUT2D eigenvalue weighted by Gasteiger charge is -2.36. The molecular weight excluding hydrogens is 654 g/mol. The van der Waals surface area contributed by atoms with E-state index in [2.05, 4.69) is 0 Å². The zero-order chi connectivity index (χ0) is 38.4. The molecule has 2 aromatic heterocycles. The Hall–Kier alpha value is -4.81. The summed E-state index contributed by atoms with van der Waals surface area (Å²) in [6, 6.07) is 5.54. The third-order valence-electron chi connectivity index (χ3n) is 8.19. The second-order valence-electron chi connectivity index (χ2n) is 15.9. The largest absolute Gasteiger partial charge is 0.496 e. The van der Waals surface area contributed by atoms with Crippen molar-refractivity contribution in [1.29, 1.82) is 0 Å². The predicted molar refractivity (Wildman–Crippen MR) is 195 cm³/mol. The molecular formula is C38H53N5O8.